The minimum Gasteiger partial charge on any atom is -0.504 e. The molecule has 0 bridgehead atoms. The second-order valence-corrected chi connectivity index (χ2v) is 10.8. The molecular formula is C26H46O3. The van der Waals surface area contributed by atoms with E-state index in [2.05, 4.69) is 41.5 Å². The highest BCUT2D eigenvalue weighted by Gasteiger charge is 2.17. The van der Waals surface area contributed by atoms with E-state index in [9.17, 15) is 15.3 Å². The summed E-state index contributed by atoms with van der Waals surface area (Å²) in [6, 6.07) is 1.65. The Morgan fingerprint density at radius 3 is 1.86 bits per heavy atom. The van der Waals surface area contributed by atoms with Gasteiger partial charge in [0.25, 0.3) is 0 Å². The summed E-state index contributed by atoms with van der Waals surface area (Å²) in [7, 11) is 0. The van der Waals surface area contributed by atoms with Crippen LogP contribution in [0.4, 0.5) is 0 Å². The topological polar surface area (TPSA) is 60.7 Å². The van der Waals surface area contributed by atoms with Crippen LogP contribution in [0.5, 0.6) is 17.2 Å². The number of unbranched alkanes of at least 4 members (excludes halogenated alkanes) is 5. The van der Waals surface area contributed by atoms with Crippen molar-refractivity contribution in [1.29, 1.82) is 0 Å². The Bertz CT molecular complexity index is 611. The Hall–Kier alpha value is -1.38. The molecule has 0 aliphatic carbocycles. The maximum Gasteiger partial charge on any atom is 0.200 e. The highest BCUT2D eigenvalue weighted by Crippen LogP contribution is 2.41. The van der Waals surface area contributed by atoms with E-state index in [4.69, 9.17) is 0 Å². The second kappa shape index (κ2) is 11.7. The van der Waals surface area contributed by atoms with Gasteiger partial charge in [-0.15, -0.1) is 0 Å². The van der Waals surface area contributed by atoms with E-state index in [-0.39, 0.29) is 17.2 Å². The molecule has 0 aromatic heterocycles. The fraction of sp³-hybridized carbons (Fsp3) is 0.769. The van der Waals surface area contributed by atoms with E-state index in [1.807, 2.05) is 0 Å². The number of benzene rings is 1. The molecule has 0 radical (unpaired) electrons. The first kappa shape index (κ1) is 25.7. The molecule has 3 N–H and O–H groups in total. The Morgan fingerprint density at radius 1 is 0.690 bits per heavy atom. The fourth-order valence-corrected chi connectivity index (χ4v) is 3.82. The third-order valence-electron chi connectivity index (χ3n) is 6.31. The largest absolute Gasteiger partial charge is 0.504 e. The van der Waals surface area contributed by atoms with Crippen LogP contribution in [0.3, 0.4) is 0 Å². The molecule has 29 heavy (non-hydrogen) atoms. The van der Waals surface area contributed by atoms with Crippen molar-refractivity contribution >= 4 is 0 Å². The number of aromatic hydroxyl groups is 3. The van der Waals surface area contributed by atoms with E-state index in [0.29, 0.717) is 10.8 Å². The normalized spacial score (nSPS) is 12.5. The average molecular weight is 407 g/mol. The van der Waals surface area contributed by atoms with Gasteiger partial charge in [0.1, 0.15) is 0 Å². The van der Waals surface area contributed by atoms with Gasteiger partial charge in [-0.25, -0.2) is 0 Å². The molecule has 1 aromatic carbocycles. The molecule has 0 saturated heterocycles. The number of hydrogen-bond donors (Lipinski definition) is 3. The highest BCUT2D eigenvalue weighted by molar-refractivity contribution is 5.57. The molecular weight excluding hydrogens is 360 g/mol. The Kier molecular flexibility index (Phi) is 10.4. The van der Waals surface area contributed by atoms with Gasteiger partial charge in [-0.3, -0.25) is 0 Å². The molecule has 1 rings (SSSR count). The smallest absolute Gasteiger partial charge is 0.200 e. The molecule has 0 spiro atoms. The van der Waals surface area contributed by atoms with Crippen LogP contribution in [0.1, 0.15) is 117 Å². The zero-order valence-electron chi connectivity index (χ0n) is 19.9. The monoisotopic (exact) mass is 406 g/mol. The standard InChI is InChI=1S/C26H46O3/c1-7-26(5,6)18-14-9-8-12-16-21-20(19-22(27)24(29)23(21)28)15-11-10-13-17-25(2,3)4/h19,27-29H,7-18H2,1-6H3. The van der Waals surface area contributed by atoms with Crippen LogP contribution in [0.15, 0.2) is 6.07 Å². The van der Waals surface area contributed by atoms with Crippen molar-refractivity contribution < 1.29 is 15.3 Å². The van der Waals surface area contributed by atoms with Crippen LogP contribution in [-0.4, -0.2) is 15.3 Å². The maximum atomic E-state index is 10.4. The quantitative estimate of drug-likeness (QED) is 0.230. The van der Waals surface area contributed by atoms with Crippen molar-refractivity contribution in [2.24, 2.45) is 10.8 Å². The van der Waals surface area contributed by atoms with E-state index in [1.165, 1.54) is 38.5 Å². The number of phenols is 3. The van der Waals surface area contributed by atoms with Gasteiger partial charge >= 0.3 is 0 Å². The minimum atomic E-state index is -0.374. The van der Waals surface area contributed by atoms with Gasteiger partial charge in [0.05, 0.1) is 0 Å². The summed E-state index contributed by atoms with van der Waals surface area (Å²) in [5.74, 6) is -0.708. The third-order valence-corrected chi connectivity index (χ3v) is 6.31. The first-order valence-corrected chi connectivity index (χ1v) is 11.7. The van der Waals surface area contributed by atoms with E-state index < -0.39 is 0 Å². The van der Waals surface area contributed by atoms with E-state index in [0.717, 1.165) is 49.7 Å². The lowest BCUT2D eigenvalue weighted by Crippen LogP contribution is -2.08. The fourth-order valence-electron chi connectivity index (χ4n) is 3.82. The van der Waals surface area contributed by atoms with Crippen molar-refractivity contribution in [3.05, 3.63) is 17.2 Å². The Morgan fingerprint density at radius 2 is 1.24 bits per heavy atom. The molecule has 0 fully saturated rings. The first-order chi connectivity index (χ1) is 13.5. The van der Waals surface area contributed by atoms with Crippen molar-refractivity contribution in [3.63, 3.8) is 0 Å². The van der Waals surface area contributed by atoms with E-state index in [1.54, 1.807) is 6.07 Å². The number of hydrogen-bond acceptors (Lipinski definition) is 3. The minimum absolute atomic E-state index is 0.123. The SMILES string of the molecule is CCC(C)(C)CCCCCCc1c(CCCCCC(C)(C)C)cc(O)c(O)c1O. The van der Waals surface area contributed by atoms with Gasteiger partial charge < -0.3 is 15.3 Å². The molecule has 0 heterocycles. The van der Waals surface area contributed by atoms with Crippen molar-refractivity contribution in [2.45, 2.75) is 119 Å². The zero-order valence-corrected chi connectivity index (χ0v) is 19.9. The summed E-state index contributed by atoms with van der Waals surface area (Å²) in [5.41, 5.74) is 2.61. The molecule has 0 aliphatic heterocycles. The Balaban J connectivity index is 2.56. The van der Waals surface area contributed by atoms with Crippen LogP contribution < -0.4 is 0 Å². The second-order valence-electron chi connectivity index (χ2n) is 10.8. The van der Waals surface area contributed by atoms with Crippen LogP contribution in [0.2, 0.25) is 0 Å². The van der Waals surface area contributed by atoms with Gasteiger partial charge in [-0.1, -0.05) is 80.1 Å². The van der Waals surface area contributed by atoms with Crippen molar-refractivity contribution in [1.82, 2.24) is 0 Å². The lowest BCUT2D eigenvalue weighted by molar-refractivity contribution is 0.307. The van der Waals surface area contributed by atoms with Gasteiger partial charge in [-0.05, 0) is 61.0 Å². The van der Waals surface area contributed by atoms with Gasteiger partial charge in [0.2, 0.25) is 5.75 Å². The Labute approximate surface area is 179 Å². The third kappa shape index (κ3) is 9.78. The predicted molar refractivity (Wildman–Crippen MR) is 124 cm³/mol. The van der Waals surface area contributed by atoms with Crippen molar-refractivity contribution in [3.8, 4) is 17.2 Å². The first-order valence-electron chi connectivity index (χ1n) is 11.7. The molecule has 0 unspecified atom stereocenters. The summed E-state index contributed by atoms with van der Waals surface area (Å²) in [6.45, 7) is 13.7. The van der Waals surface area contributed by atoms with Gasteiger partial charge in [-0.2, -0.15) is 0 Å². The van der Waals surface area contributed by atoms with Crippen LogP contribution >= 0.6 is 0 Å². The lowest BCUT2D eigenvalue weighted by Gasteiger charge is -2.22. The highest BCUT2D eigenvalue weighted by atomic mass is 16.3. The predicted octanol–water partition coefficient (Wildman–Crippen LogP) is 7.88. The summed E-state index contributed by atoms with van der Waals surface area (Å²) < 4.78 is 0. The lowest BCUT2D eigenvalue weighted by atomic mass is 9.84. The molecule has 0 atom stereocenters. The maximum absolute atomic E-state index is 10.4. The molecule has 3 heteroatoms. The van der Waals surface area contributed by atoms with E-state index >= 15 is 0 Å². The molecule has 0 saturated carbocycles. The molecule has 1 aromatic rings. The summed E-state index contributed by atoms with van der Waals surface area (Å²) in [5, 5.41) is 30.3. The van der Waals surface area contributed by atoms with Gasteiger partial charge in [0, 0.05) is 5.56 Å². The van der Waals surface area contributed by atoms with Crippen LogP contribution in [-0.2, 0) is 12.8 Å². The molecule has 3 nitrogen and oxygen atoms in total. The average Bonchev–Trinajstić information content (AvgIpc) is 2.63. The number of rotatable bonds is 13. The molecule has 0 amide bonds. The molecule has 168 valence electrons. The van der Waals surface area contributed by atoms with Gasteiger partial charge in [0.15, 0.2) is 11.5 Å². The summed E-state index contributed by atoms with van der Waals surface area (Å²) in [4.78, 5) is 0. The zero-order chi connectivity index (χ0) is 22.1. The number of aryl methyl sites for hydroxylation is 1. The van der Waals surface area contributed by atoms with Crippen molar-refractivity contribution in [2.75, 3.05) is 0 Å². The molecule has 0 aliphatic rings. The van der Waals surface area contributed by atoms with Crippen LogP contribution in [0, 0.1) is 10.8 Å². The number of phenolic OH excluding ortho intramolecular Hbond substituents is 3. The summed E-state index contributed by atoms with van der Waals surface area (Å²) >= 11 is 0. The van der Waals surface area contributed by atoms with Crippen LogP contribution in [0.25, 0.3) is 0 Å². The summed E-state index contributed by atoms with van der Waals surface area (Å²) in [6.07, 6.45) is 13.2.